The molecule has 1 saturated heterocycles. The molecule has 3 heterocycles. The highest BCUT2D eigenvalue weighted by atomic mass is 19.3. The molecule has 1 aliphatic heterocycles. The number of amides is 1. The third-order valence-corrected chi connectivity index (χ3v) is 5.33. The molecule has 3 aromatic rings. The summed E-state index contributed by atoms with van der Waals surface area (Å²) in [5.41, 5.74) is 3.19. The van der Waals surface area contributed by atoms with E-state index >= 15 is 0 Å². The lowest BCUT2D eigenvalue weighted by atomic mass is 10.0. The van der Waals surface area contributed by atoms with E-state index in [-0.39, 0.29) is 31.8 Å². The number of hydrogen-bond acceptors (Lipinski definition) is 3. The van der Waals surface area contributed by atoms with Crippen LogP contribution in [0.25, 0.3) is 22.2 Å². The van der Waals surface area contributed by atoms with Crippen LogP contribution in [0.5, 0.6) is 0 Å². The summed E-state index contributed by atoms with van der Waals surface area (Å²) in [6, 6.07) is 9.63. The number of carbonyl (C=O) groups is 1. The fourth-order valence-corrected chi connectivity index (χ4v) is 3.60. The van der Waals surface area contributed by atoms with Crippen molar-refractivity contribution in [1.82, 2.24) is 9.88 Å². The number of piperidine rings is 1. The number of halogens is 2. The van der Waals surface area contributed by atoms with Crippen molar-refractivity contribution in [3.8, 4) is 11.3 Å². The third-order valence-electron chi connectivity index (χ3n) is 5.33. The second-order valence-electron chi connectivity index (χ2n) is 7.35. The average Bonchev–Trinajstić information content (AvgIpc) is 3.15. The summed E-state index contributed by atoms with van der Waals surface area (Å²) >= 11 is 0. The number of furan rings is 1. The van der Waals surface area contributed by atoms with Gasteiger partial charge >= 0.3 is 0 Å². The molecule has 1 aromatic carbocycles. The number of nitrogens with zero attached hydrogens (tertiary/aromatic N) is 2. The number of aryl methyl sites for hydroxylation is 2. The Bertz CT molecular complexity index is 1030. The lowest BCUT2D eigenvalue weighted by Gasteiger charge is -2.31. The molecule has 0 bridgehead atoms. The highest BCUT2D eigenvalue weighted by molar-refractivity contribution is 5.98. The van der Waals surface area contributed by atoms with Crippen LogP contribution in [0.15, 0.2) is 40.9 Å². The molecule has 4 rings (SSSR count). The summed E-state index contributed by atoms with van der Waals surface area (Å²) in [5, 5.41) is 0.822. The van der Waals surface area contributed by atoms with Crippen molar-refractivity contribution < 1.29 is 18.0 Å². The van der Waals surface area contributed by atoms with Gasteiger partial charge in [-0.05, 0) is 42.8 Å². The Morgan fingerprint density at radius 1 is 1.21 bits per heavy atom. The second-order valence-corrected chi connectivity index (χ2v) is 7.35. The maximum atomic E-state index is 13.4. The van der Waals surface area contributed by atoms with Gasteiger partial charge in [-0.1, -0.05) is 6.92 Å². The SMILES string of the molecule is CCc1ccc(-c2cc3cc(C(=O)N4CCC(F)(F)CC4)cnc3cc2C)o1. The molecular formula is C22H22F2N2O2. The number of hydrogen-bond donors (Lipinski definition) is 0. The Labute approximate surface area is 162 Å². The summed E-state index contributed by atoms with van der Waals surface area (Å²) in [5.74, 6) is -1.23. The summed E-state index contributed by atoms with van der Waals surface area (Å²) in [4.78, 5) is 18.6. The molecule has 1 amide bonds. The Morgan fingerprint density at radius 2 is 1.96 bits per heavy atom. The molecule has 6 heteroatoms. The predicted octanol–water partition coefficient (Wildman–Crippen LogP) is 5.24. The lowest BCUT2D eigenvalue weighted by molar-refractivity contribution is -0.0494. The largest absolute Gasteiger partial charge is 0.461 e. The van der Waals surface area contributed by atoms with Crippen LogP contribution in [0.3, 0.4) is 0 Å². The molecule has 1 aliphatic rings. The molecule has 1 fully saturated rings. The minimum atomic E-state index is -2.68. The van der Waals surface area contributed by atoms with E-state index in [4.69, 9.17) is 4.42 Å². The molecule has 0 unspecified atom stereocenters. The summed E-state index contributed by atoms with van der Waals surface area (Å²) in [6.45, 7) is 4.16. The fraction of sp³-hybridized carbons (Fsp3) is 0.364. The zero-order chi connectivity index (χ0) is 19.9. The maximum Gasteiger partial charge on any atom is 0.255 e. The van der Waals surface area contributed by atoms with Gasteiger partial charge in [0.2, 0.25) is 0 Å². The van der Waals surface area contributed by atoms with Crippen LogP contribution >= 0.6 is 0 Å². The van der Waals surface area contributed by atoms with Crippen LogP contribution in [-0.2, 0) is 6.42 Å². The summed E-state index contributed by atoms with van der Waals surface area (Å²) < 4.78 is 32.6. The first kappa shape index (κ1) is 18.6. The standard InChI is InChI=1S/C22H22F2N2O2/c1-3-17-4-5-20(28-17)18-12-15-11-16(13-25-19(15)10-14(18)2)21(27)26-8-6-22(23,24)7-9-26/h4-5,10-13H,3,6-9H2,1-2H3. The number of likely N-dealkylation sites (tertiary alicyclic amines) is 1. The van der Waals surface area contributed by atoms with E-state index in [0.717, 1.165) is 40.0 Å². The molecule has 0 spiro atoms. The zero-order valence-electron chi connectivity index (χ0n) is 16.0. The quantitative estimate of drug-likeness (QED) is 0.621. The predicted molar refractivity (Wildman–Crippen MR) is 104 cm³/mol. The lowest BCUT2D eigenvalue weighted by Crippen LogP contribution is -2.42. The van der Waals surface area contributed by atoms with Crippen LogP contribution in [0.4, 0.5) is 8.78 Å². The van der Waals surface area contributed by atoms with Crippen molar-refractivity contribution in [3.63, 3.8) is 0 Å². The second kappa shape index (κ2) is 7.00. The minimum absolute atomic E-state index is 0.0647. The molecular weight excluding hydrogens is 362 g/mol. The van der Waals surface area contributed by atoms with Crippen LogP contribution < -0.4 is 0 Å². The number of rotatable bonds is 3. The topological polar surface area (TPSA) is 46.3 Å². The first-order chi connectivity index (χ1) is 13.4. The Kier molecular flexibility index (Phi) is 4.65. The number of carbonyl (C=O) groups excluding carboxylic acids is 1. The number of pyridine rings is 1. The van der Waals surface area contributed by atoms with Crippen LogP contribution in [-0.4, -0.2) is 34.8 Å². The Balaban J connectivity index is 1.66. The van der Waals surface area contributed by atoms with Gasteiger partial charge in [-0.3, -0.25) is 9.78 Å². The van der Waals surface area contributed by atoms with Crippen molar-refractivity contribution in [3.05, 3.63) is 53.4 Å². The van der Waals surface area contributed by atoms with Crippen LogP contribution in [0.2, 0.25) is 0 Å². The van der Waals surface area contributed by atoms with Gasteiger partial charge in [0.25, 0.3) is 11.8 Å². The molecule has 0 atom stereocenters. The number of aromatic nitrogens is 1. The Hall–Kier alpha value is -2.76. The van der Waals surface area contributed by atoms with E-state index in [1.54, 1.807) is 6.07 Å². The fourth-order valence-electron chi connectivity index (χ4n) is 3.60. The van der Waals surface area contributed by atoms with Gasteiger partial charge in [0.15, 0.2) is 0 Å². The monoisotopic (exact) mass is 384 g/mol. The van der Waals surface area contributed by atoms with Crippen molar-refractivity contribution in [2.24, 2.45) is 0 Å². The minimum Gasteiger partial charge on any atom is -0.461 e. The highest BCUT2D eigenvalue weighted by Gasteiger charge is 2.35. The first-order valence-electron chi connectivity index (χ1n) is 9.53. The van der Waals surface area contributed by atoms with E-state index in [9.17, 15) is 13.6 Å². The average molecular weight is 384 g/mol. The molecule has 0 saturated carbocycles. The Morgan fingerprint density at radius 3 is 2.64 bits per heavy atom. The van der Waals surface area contributed by atoms with Gasteiger partial charge in [0.05, 0.1) is 11.1 Å². The highest BCUT2D eigenvalue weighted by Crippen LogP contribution is 2.31. The van der Waals surface area contributed by atoms with Gasteiger partial charge in [-0.25, -0.2) is 8.78 Å². The number of alkyl halides is 2. The van der Waals surface area contributed by atoms with Crippen molar-refractivity contribution in [2.45, 2.75) is 39.0 Å². The molecule has 0 N–H and O–H groups in total. The maximum absolute atomic E-state index is 13.4. The summed E-state index contributed by atoms with van der Waals surface area (Å²) in [7, 11) is 0. The van der Waals surface area contributed by atoms with Gasteiger partial charge in [0.1, 0.15) is 11.5 Å². The molecule has 4 nitrogen and oxygen atoms in total. The van der Waals surface area contributed by atoms with E-state index < -0.39 is 5.92 Å². The van der Waals surface area contributed by atoms with E-state index in [1.165, 1.54) is 11.1 Å². The van der Waals surface area contributed by atoms with Gasteiger partial charge in [-0.2, -0.15) is 0 Å². The van der Waals surface area contributed by atoms with Crippen molar-refractivity contribution >= 4 is 16.8 Å². The van der Waals surface area contributed by atoms with Gasteiger partial charge in [-0.15, -0.1) is 0 Å². The first-order valence-corrected chi connectivity index (χ1v) is 9.53. The van der Waals surface area contributed by atoms with Crippen molar-refractivity contribution in [2.75, 3.05) is 13.1 Å². The van der Waals surface area contributed by atoms with Gasteiger partial charge in [0, 0.05) is 49.5 Å². The number of fused-ring (bicyclic) bond motifs is 1. The normalized spacial score (nSPS) is 16.5. The molecule has 28 heavy (non-hydrogen) atoms. The van der Waals surface area contributed by atoms with E-state index in [2.05, 4.69) is 4.98 Å². The van der Waals surface area contributed by atoms with E-state index in [1.807, 2.05) is 38.1 Å². The number of benzene rings is 1. The summed E-state index contributed by atoms with van der Waals surface area (Å²) in [6.07, 6.45) is 1.77. The zero-order valence-corrected chi connectivity index (χ0v) is 16.0. The third kappa shape index (κ3) is 3.51. The van der Waals surface area contributed by atoms with Crippen LogP contribution in [0.1, 0.15) is 41.4 Å². The molecule has 0 radical (unpaired) electrons. The molecule has 0 aliphatic carbocycles. The molecule has 146 valence electrons. The van der Waals surface area contributed by atoms with E-state index in [0.29, 0.717) is 5.56 Å². The molecule has 2 aromatic heterocycles. The van der Waals surface area contributed by atoms with Crippen molar-refractivity contribution in [1.29, 1.82) is 0 Å². The van der Waals surface area contributed by atoms with Gasteiger partial charge < -0.3 is 9.32 Å². The smallest absolute Gasteiger partial charge is 0.255 e. The van der Waals surface area contributed by atoms with Crippen LogP contribution in [0, 0.1) is 6.92 Å².